The van der Waals surface area contributed by atoms with Crippen molar-refractivity contribution in [2.45, 2.75) is 39.5 Å². The fourth-order valence-electron chi connectivity index (χ4n) is 1.66. The van der Waals surface area contributed by atoms with Crippen LogP contribution in [-0.2, 0) is 11.2 Å². The maximum Gasteiger partial charge on any atom is 0.303 e. The summed E-state index contributed by atoms with van der Waals surface area (Å²) in [5.74, 6) is 0.722. The van der Waals surface area contributed by atoms with Gasteiger partial charge in [-0.3, -0.25) is 4.79 Å². The maximum absolute atomic E-state index is 10.7. The minimum absolute atomic E-state index is 0.0969. The average Bonchev–Trinajstić information content (AvgIpc) is 2.41. The van der Waals surface area contributed by atoms with Crippen LogP contribution in [0, 0.1) is 0 Å². The minimum atomic E-state index is -0.804. The van der Waals surface area contributed by atoms with Crippen LogP contribution in [0.1, 0.15) is 38.7 Å². The number of carboxylic acid groups (broad SMARTS) is 1. The standard InChI is InChI=1S/C15H22O4/c1-3-9-18-13-6-7-14(19-10-4-2)12(11-13)5-8-15(16)17/h6-7,11H,3-5,8-10H2,1-2H3,(H,16,17). The van der Waals surface area contributed by atoms with E-state index in [9.17, 15) is 4.79 Å². The van der Waals surface area contributed by atoms with Crippen molar-refractivity contribution in [3.63, 3.8) is 0 Å². The third kappa shape index (κ3) is 5.64. The summed E-state index contributed by atoms with van der Waals surface area (Å²) in [5, 5.41) is 8.78. The summed E-state index contributed by atoms with van der Waals surface area (Å²) >= 11 is 0. The van der Waals surface area contributed by atoms with E-state index in [0.717, 1.165) is 29.9 Å². The number of benzene rings is 1. The fourth-order valence-corrected chi connectivity index (χ4v) is 1.66. The largest absolute Gasteiger partial charge is 0.494 e. The quantitative estimate of drug-likeness (QED) is 0.745. The molecule has 0 aliphatic carbocycles. The molecular formula is C15H22O4. The van der Waals surface area contributed by atoms with Gasteiger partial charge in [0.05, 0.1) is 13.2 Å². The second-order valence-corrected chi connectivity index (χ2v) is 4.36. The number of hydrogen-bond donors (Lipinski definition) is 1. The first-order valence-corrected chi connectivity index (χ1v) is 6.77. The zero-order valence-corrected chi connectivity index (χ0v) is 11.6. The number of aliphatic carboxylic acids is 1. The van der Waals surface area contributed by atoms with Crippen LogP contribution in [0.5, 0.6) is 11.5 Å². The van der Waals surface area contributed by atoms with Gasteiger partial charge in [-0.1, -0.05) is 13.8 Å². The van der Waals surface area contributed by atoms with E-state index in [1.54, 1.807) is 0 Å². The Labute approximate surface area is 114 Å². The second kappa shape index (κ2) is 8.40. The van der Waals surface area contributed by atoms with E-state index >= 15 is 0 Å². The molecule has 106 valence electrons. The number of hydrogen-bond acceptors (Lipinski definition) is 3. The van der Waals surface area contributed by atoms with Crippen LogP contribution < -0.4 is 9.47 Å². The lowest BCUT2D eigenvalue weighted by atomic mass is 10.1. The van der Waals surface area contributed by atoms with E-state index in [2.05, 4.69) is 0 Å². The van der Waals surface area contributed by atoms with E-state index in [1.165, 1.54) is 0 Å². The lowest BCUT2D eigenvalue weighted by molar-refractivity contribution is -0.136. The molecule has 0 heterocycles. The summed E-state index contributed by atoms with van der Waals surface area (Å²) in [4.78, 5) is 10.7. The lowest BCUT2D eigenvalue weighted by Gasteiger charge is -2.13. The Morgan fingerprint density at radius 1 is 1.16 bits per heavy atom. The van der Waals surface area contributed by atoms with E-state index in [-0.39, 0.29) is 6.42 Å². The Bertz CT molecular complexity index is 401. The summed E-state index contributed by atoms with van der Waals surface area (Å²) < 4.78 is 11.2. The highest BCUT2D eigenvalue weighted by atomic mass is 16.5. The molecule has 1 aromatic rings. The molecular weight excluding hydrogens is 244 g/mol. The molecule has 0 saturated heterocycles. The van der Waals surface area contributed by atoms with Crippen LogP contribution in [-0.4, -0.2) is 24.3 Å². The molecule has 0 saturated carbocycles. The Hall–Kier alpha value is -1.71. The van der Waals surface area contributed by atoms with Gasteiger partial charge in [-0.25, -0.2) is 0 Å². The molecule has 0 amide bonds. The number of carbonyl (C=O) groups is 1. The van der Waals surface area contributed by atoms with Gasteiger partial charge in [0.2, 0.25) is 0 Å². The van der Waals surface area contributed by atoms with Crippen molar-refractivity contribution >= 4 is 5.97 Å². The number of ether oxygens (including phenoxy) is 2. The van der Waals surface area contributed by atoms with Crippen molar-refractivity contribution in [2.24, 2.45) is 0 Å². The second-order valence-electron chi connectivity index (χ2n) is 4.36. The van der Waals surface area contributed by atoms with Gasteiger partial charge < -0.3 is 14.6 Å². The highest BCUT2D eigenvalue weighted by Crippen LogP contribution is 2.26. The van der Waals surface area contributed by atoms with Crippen molar-refractivity contribution in [1.29, 1.82) is 0 Å². The van der Waals surface area contributed by atoms with Crippen molar-refractivity contribution in [3.8, 4) is 11.5 Å². The van der Waals surface area contributed by atoms with Crippen LogP contribution >= 0.6 is 0 Å². The molecule has 0 unspecified atom stereocenters. The topological polar surface area (TPSA) is 55.8 Å². The van der Waals surface area contributed by atoms with Crippen molar-refractivity contribution in [2.75, 3.05) is 13.2 Å². The van der Waals surface area contributed by atoms with Gasteiger partial charge >= 0.3 is 5.97 Å². The molecule has 0 aliphatic rings. The molecule has 0 fully saturated rings. The molecule has 1 rings (SSSR count). The lowest BCUT2D eigenvalue weighted by Crippen LogP contribution is -2.03. The number of carboxylic acids is 1. The first kappa shape index (κ1) is 15.3. The first-order valence-electron chi connectivity index (χ1n) is 6.77. The van der Waals surface area contributed by atoms with Crippen LogP contribution in [0.3, 0.4) is 0 Å². The van der Waals surface area contributed by atoms with E-state index < -0.39 is 5.97 Å². The third-order valence-corrected chi connectivity index (χ3v) is 2.57. The van der Waals surface area contributed by atoms with Crippen LogP contribution in [0.4, 0.5) is 0 Å². The van der Waals surface area contributed by atoms with Crippen molar-refractivity contribution in [3.05, 3.63) is 23.8 Å². The van der Waals surface area contributed by atoms with Crippen molar-refractivity contribution < 1.29 is 19.4 Å². The Kier molecular flexibility index (Phi) is 6.79. The molecule has 4 nitrogen and oxygen atoms in total. The average molecular weight is 266 g/mol. The van der Waals surface area contributed by atoms with E-state index in [1.807, 2.05) is 32.0 Å². The van der Waals surface area contributed by atoms with E-state index in [4.69, 9.17) is 14.6 Å². The van der Waals surface area contributed by atoms with Gasteiger partial charge in [0, 0.05) is 6.42 Å². The van der Waals surface area contributed by atoms with Crippen LogP contribution in [0.2, 0.25) is 0 Å². The van der Waals surface area contributed by atoms with Gasteiger partial charge in [0.15, 0.2) is 0 Å². The highest BCUT2D eigenvalue weighted by Gasteiger charge is 2.08. The Morgan fingerprint density at radius 2 is 1.84 bits per heavy atom. The summed E-state index contributed by atoms with van der Waals surface area (Å²) in [6.07, 6.45) is 2.42. The number of aryl methyl sites for hydroxylation is 1. The summed E-state index contributed by atoms with van der Waals surface area (Å²) in [5.41, 5.74) is 0.893. The molecule has 1 N–H and O–H groups in total. The monoisotopic (exact) mass is 266 g/mol. The molecule has 0 atom stereocenters. The third-order valence-electron chi connectivity index (χ3n) is 2.57. The van der Waals surface area contributed by atoms with Gasteiger partial charge in [0.25, 0.3) is 0 Å². The SMILES string of the molecule is CCCOc1ccc(OCCC)c(CCC(=O)O)c1. The van der Waals surface area contributed by atoms with Gasteiger partial charge in [-0.05, 0) is 43.0 Å². The molecule has 19 heavy (non-hydrogen) atoms. The van der Waals surface area contributed by atoms with Crippen LogP contribution in [0.25, 0.3) is 0 Å². The van der Waals surface area contributed by atoms with Crippen LogP contribution in [0.15, 0.2) is 18.2 Å². The summed E-state index contributed by atoms with van der Waals surface area (Å²) in [6, 6.07) is 5.60. The molecule has 4 heteroatoms. The maximum atomic E-state index is 10.7. The van der Waals surface area contributed by atoms with Crippen molar-refractivity contribution in [1.82, 2.24) is 0 Å². The van der Waals surface area contributed by atoms with Gasteiger partial charge in [0.1, 0.15) is 11.5 Å². The predicted octanol–water partition coefficient (Wildman–Crippen LogP) is 3.28. The smallest absolute Gasteiger partial charge is 0.303 e. The fraction of sp³-hybridized carbons (Fsp3) is 0.533. The summed E-state index contributed by atoms with van der Waals surface area (Å²) in [6.45, 7) is 5.38. The van der Waals surface area contributed by atoms with Gasteiger partial charge in [-0.15, -0.1) is 0 Å². The molecule has 0 spiro atoms. The van der Waals surface area contributed by atoms with E-state index in [0.29, 0.717) is 19.6 Å². The predicted molar refractivity (Wildman–Crippen MR) is 74.0 cm³/mol. The number of rotatable bonds is 9. The first-order chi connectivity index (χ1) is 9.17. The van der Waals surface area contributed by atoms with Gasteiger partial charge in [-0.2, -0.15) is 0 Å². The Morgan fingerprint density at radius 3 is 2.47 bits per heavy atom. The molecule has 0 aliphatic heterocycles. The Balaban J connectivity index is 2.79. The minimum Gasteiger partial charge on any atom is -0.494 e. The molecule has 0 radical (unpaired) electrons. The molecule has 1 aromatic carbocycles. The highest BCUT2D eigenvalue weighted by molar-refractivity contribution is 5.67. The summed E-state index contributed by atoms with van der Waals surface area (Å²) in [7, 11) is 0. The zero-order valence-electron chi connectivity index (χ0n) is 11.6. The molecule has 0 bridgehead atoms. The zero-order chi connectivity index (χ0) is 14.1. The molecule has 0 aromatic heterocycles. The normalized spacial score (nSPS) is 10.2.